The highest BCUT2D eigenvalue weighted by atomic mass is 16.6. The molecule has 3 aromatic rings. The first-order chi connectivity index (χ1) is 18.1. The Bertz CT molecular complexity index is 1340. The molecule has 8 nitrogen and oxygen atoms in total. The third kappa shape index (κ3) is 5.44. The molecule has 1 aliphatic heterocycles. The molecule has 2 heterocycles. The van der Waals surface area contributed by atoms with Gasteiger partial charge < -0.3 is 23.8 Å². The summed E-state index contributed by atoms with van der Waals surface area (Å²) in [7, 11) is 4.77. The zero-order chi connectivity index (χ0) is 27.4. The average Bonchev–Trinajstić information content (AvgIpc) is 2.94. The van der Waals surface area contributed by atoms with Crippen LogP contribution < -0.4 is 5.56 Å². The lowest BCUT2D eigenvalue weighted by molar-refractivity contribution is -0.0742. The molecule has 0 saturated carbocycles. The topological polar surface area (TPSA) is 81.1 Å². The summed E-state index contributed by atoms with van der Waals surface area (Å²) < 4.78 is 12.7. The number of aromatic nitrogens is 1. The molecule has 3 atom stereocenters. The predicted molar refractivity (Wildman–Crippen MR) is 146 cm³/mol. The van der Waals surface area contributed by atoms with Crippen molar-refractivity contribution in [1.82, 2.24) is 14.4 Å². The lowest BCUT2D eigenvalue weighted by Crippen LogP contribution is -2.51. The minimum absolute atomic E-state index is 0.0551. The molecule has 0 spiro atoms. The Labute approximate surface area is 223 Å². The van der Waals surface area contributed by atoms with E-state index in [2.05, 4.69) is 0 Å². The number of hydrogen-bond donors (Lipinski definition) is 0. The Hall–Kier alpha value is -4.07. The number of carbonyl (C=O) groups is 2. The fourth-order valence-electron chi connectivity index (χ4n) is 5.06. The first-order valence-electron chi connectivity index (χ1n) is 12.8. The van der Waals surface area contributed by atoms with E-state index in [4.69, 9.17) is 9.47 Å². The van der Waals surface area contributed by atoms with E-state index in [0.29, 0.717) is 19.4 Å². The minimum atomic E-state index is -0.858. The molecule has 200 valence electrons. The highest BCUT2D eigenvalue weighted by molar-refractivity contribution is 5.71. The summed E-state index contributed by atoms with van der Waals surface area (Å²) in [5.41, 5.74) is 2.92. The van der Waals surface area contributed by atoms with Crippen molar-refractivity contribution in [2.45, 2.75) is 44.4 Å². The van der Waals surface area contributed by atoms with Crippen molar-refractivity contribution in [2.24, 2.45) is 7.05 Å². The smallest absolute Gasteiger partial charge is 0.411 e. The van der Waals surface area contributed by atoms with Crippen LogP contribution >= 0.6 is 0 Å². The standard InChI is InChI=1S/C30H35N3O5/c1-21(32(4)28(35)37-5)19-30(26-9-7-6-8-10-26)17-18-33(29(36)38-30)22(2)23-11-13-24(14-12-23)25-15-16-27(34)31(3)20-25/h6-16,20-22H,17-19H2,1-5H3/t21?,22-,30?/m0/s1. The van der Waals surface area contributed by atoms with Gasteiger partial charge in [0.1, 0.15) is 5.60 Å². The summed E-state index contributed by atoms with van der Waals surface area (Å²) in [5, 5.41) is 0. The third-order valence-electron chi connectivity index (χ3n) is 7.60. The van der Waals surface area contributed by atoms with E-state index >= 15 is 0 Å². The zero-order valence-electron chi connectivity index (χ0n) is 22.6. The highest BCUT2D eigenvalue weighted by Crippen LogP contribution is 2.41. The molecular weight excluding hydrogens is 482 g/mol. The van der Waals surface area contributed by atoms with Gasteiger partial charge in [0.05, 0.1) is 13.2 Å². The molecule has 2 amide bonds. The van der Waals surface area contributed by atoms with Crippen molar-refractivity contribution in [2.75, 3.05) is 20.7 Å². The van der Waals surface area contributed by atoms with Crippen LogP contribution in [0.3, 0.4) is 0 Å². The molecule has 0 radical (unpaired) electrons. The van der Waals surface area contributed by atoms with Gasteiger partial charge >= 0.3 is 12.2 Å². The quantitative estimate of drug-likeness (QED) is 0.423. The molecule has 2 unspecified atom stereocenters. The number of aryl methyl sites for hydroxylation is 1. The van der Waals surface area contributed by atoms with Gasteiger partial charge in [-0.3, -0.25) is 4.79 Å². The van der Waals surface area contributed by atoms with E-state index in [1.54, 1.807) is 29.6 Å². The molecule has 8 heteroatoms. The van der Waals surface area contributed by atoms with Crippen LogP contribution in [0, 0.1) is 0 Å². The largest absolute Gasteiger partial charge is 0.453 e. The van der Waals surface area contributed by atoms with Crippen LogP contribution in [0.1, 0.15) is 43.9 Å². The van der Waals surface area contributed by atoms with E-state index in [1.165, 1.54) is 12.0 Å². The number of benzene rings is 2. The Morgan fingerprint density at radius 2 is 1.68 bits per heavy atom. The van der Waals surface area contributed by atoms with Gasteiger partial charge in [-0.1, -0.05) is 54.6 Å². The van der Waals surface area contributed by atoms with Gasteiger partial charge in [-0.2, -0.15) is 0 Å². The molecule has 0 bridgehead atoms. The Kier molecular flexibility index (Phi) is 7.90. The molecule has 2 aromatic carbocycles. The maximum absolute atomic E-state index is 13.5. The number of hydrogen-bond acceptors (Lipinski definition) is 5. The maximum atomic E-state index is 13.5. The van der Waals surface area contributed by atoms with Crippen molar-refractivity contribution in [3.8, 4) is 11.1 Å². The Morgan fingerprint density at radius 1 is 1.03 bits per heavy atom. The van der Waals surface area contributed by atoms with Crippen LogP contribution in [0.4, 0.5) is 9.59 Å². The third-order valence-corrected chi connectivity index (χ3v) is 7.60. The second-order valence-electron chi connectivity index (χ2n) is 9.97. The van der Waals surface area contributed by atoms with E-state index < -0.39 is 11.7 Å². The van der Waals surface area contributed by atoms with Gasteiger partial charge in [0.2, 0.25) is 5.56 Å². The second kappa shape index (κ2) is 11.1. The zero-order valence-corrected chi connectivity index (χ0v) is 22.6. The van der Waals surface area contributed by atoms with Crippen LogP contribution in [0.5, 0.6) is 0 Å². The summed E-state index contributed by atoms with van der Waals surface area (Å²) in [4.78, 5) is 40.6. The number of pyridine rings is 1. The number of rotatable bonds is 7. The fourth-order valence-corrected chi connectivity index (χ4v) is 5.06. The van der Waals surface area contributed by atoms with Gasteiger partial charge in [-0.25, -0.2) is 9.59 Å². The summed E-state index contributed by atoms with van der Waals surface area (Å²) in [6.07, 6.45) is 2.03. The molecule has 0 aliphatic carbocycles. The lowest BCUT2D eigenvalue weighted by Gasteiger charge is -2.45. The van der Waals surface area contributed by atoms with Gasteiger partial charge in [-0.05, 0) is 42.2 Å². The lowest BCUT2D eigenvalue weighted by atomic mass is 9.83. The van der Waals surface area contributed by atoms with Crippen molar-refractivity contribution in [3.05, 3.63) is 94.4 Å². The predicted octanol–water partition coefficient (Wildman–Crippen LogP) is 5.33. The second-order valence-corrected chi connectivity index (χ2v) is 9.97. The van der Waals surface area contributed by atoms with Crippen LogP contribution in [0.25, 0.3) is 11.1 Å². The molecule has 1 aromatic heterocycles. The van der Waals surface area contributed by atoms with Gasteiger partial charge in [0.15, 0.2) is 0 Å². The van der Waals surface area contributed by atoms with Crippen LogP contribution in [-0.2, 0) is 22.1 Å². The first-order valence-corrected chi connectivity index (χ1v) is 12.8. The number of cyclic esters (lactones) is 1. The normalized spacial score (nSPS) is 18.9. The number of carbonyl (C=O) groups excluding carboxylic acids is 2. The molecule has 38 heavy (non-hydrogen) atoms. The molecule has 0 N–H and O–H groups in total. The first kappa shape index (κ1) is 27.0. The van der Waals surface area contributed by atoms with Crippen molar-refractivity contribution in [1.29, 1.82) is 0 Å². The van der Waals surface area contributed by atoms with Crippen molar-refractivity contribution >= 4 is 12.2 Å². The van der Waals surface area contributed by atoms with Gasteiger partial charge in [0.25, 0.3) is 0 Å². The number of amides is 2. The van der Waals surface area contributed by atoms with Crippen LogP contribution in [0.2, 0.25) is 0 Å². The van der Waals surface area contributed by atoms with Gasteiger partial charge in [-0.15, -0.1) is 0 Å². The number of ether oxygens (including phenoxy) is 2. The highest BCUT2D eigenvalue weighted by Gasteiger charge is 2.45. The molecule has 1 fully saturated rings. The summed E-state index contributed by atoms with van der Waals surface area (Å²) >= 11 is 0. The Balaban J connectivity index is 1.53. The average molecular weight is 518 g/mol. The van der Waals surface area contributed by atoms with E-state index in [1.807, 2.05) is 80.7 Å². The van der Waals surface area contributed by atoms with Crippen LogP contribution in [0.15, 0.2) is 77.7 Å². The summed E-state index contributed by atoms with van der Waals surface area (Å²) in [5.74, 6) is 0. The monoisotopic (exact) mass is 517 g/mol. The Morgan fingerprint density at radius 3 is 2.29 bits per heavy atom. The molecule has 1 aliphatic rings. The molecule has 4 rings (SSSR count). The number of methoxy groups -OCH3 is 1. The van der Waals surface area contributed by atoms with Gasteiger partial charge in [0, 0.05) is 51.8 Å². The summed E-state index contributed by atoms with van der Waals surface area (Å²) in [6.45, 7) is 4.42. The maximum Gasteiger partial charge on any atom is 0.411 e. The SMILES string of the molecule is COC(=O)N(C)C(C)CC1(c2ccccc2)CCN([C@@H](C)c2ccc(-c3ccc(=O)n(C)c3)cc2)C(=O)O1. The van der Waals surface area contributed by atoms with Crippen molar-refractivity contribution < 1.29 is 19.1 Å². The molecular formula is C30H35N3O5. The molecule has 1 saturated heterocycles. The number of nitrogens with zero attached hydrogens (tertiary/aromatic N) is 3. The van der Waals surface area contributed by atoms with Crippen molar-refractivity contribution in [3.63, 3.8) is 0 Å². The van der Waals surface area contributed by atoms with E-state index in [9.17, 15) is 14.4 Å². The van der Waals surface area contributed by atoms with Crippen LogP contribution in [-0.4, -0.2) is 53.3 Å². The summed E-state index contributed by atoms with van der Waals surface area (Å²) in [6, 6.07) is 20.7. The van der Waals surface area contributed by atoms with E-state index in [0.717, 1.165) is 22.3 Å². The fraction of sp³-hybridized carbons (Fsp3) is 0.367. The minimum Gasteiger partial charge on any atom is -0.453 e. The van der Waals surface area contributed by atoms with E-state index in [-0.39, 0.29) is 23.7 Å².